The molecule has 0 bridgehead atoms. The summed E-state index contributed by atoms with van der Waals surface area (Å²) >= 11 is 0. The van der Waals surface area contributed by atoms with Gasteiger partial charge in [-0.2, -0.15) is 0 Å². The van der Waals surface area contributed by atoms with Crippen molar-refractivity contribution < 1.29 is 5.11 Å². The maximum Gasteiger partial charge on any atom is 0.262 e. The number of pyridine rings is 1. The first kappa shape index (κ1) is 20.9. The van der Waals surface area contributed by atoms with E-state index in [-0.39, 0.29) is 23.4 Å². The molecule has 0 aliphatic heterocycles. The number of rotatable bonds is 6. The summed E-state index contributed by atoms with van der Waals surface area (Å²) in [6, 6.07) is 7.21. The maximum absolute atomic E-state index is 13.4. The van der Waals surface area contributed by atoms with Gasteiger partial charge in [0.05, 0.1) is 11.4 Å². The van der Waals surface area contributed by atoms with Gasteiger partial charge in [0, 0.05) is 23.5 Å². The Morgan fingerprint density at radius 2 is 2.00 bits per heavy atom. The summed E-state index contributed by atoms with van der Waals surface area (Å²) in [4.78, 5) is 22.1. The highest BCUT2D eigenvalue weighted by molar-refractivity contribution is 5.87. The van der Waals surface area contributed by atoms with Crippen LogP contribution < -0.4 is 16.2 Å². The second-order valence-electron chi connectivity index (χ2n) is 8.50. The fourth-order valence-corrected chi connectivity index (χ4v) is 3.97. The van der Waals surface area contributed by atoms with E-state index in [1.807, 2.05) is 50.6 Å². The minimum absolute atomic E-state index is 0.0318. The van der Waals surface area contributed by atoms with Gasteiger partial charge >= 0.3 is 0 Å². The third-order valence-corrected chi connectivity index (χ3v) is 5.91. The normalized spacial score (nSPS) is 14.7. The number of anilines is 2. The largest absolute Gasteiger partial charge is 0.507 e. The fraction of sp³-hybridized carbons (Fsp3) is 0.375. The average molecular weight is 420 g/mol. The molecule has 4 rings (SSSR count). The van der Waals surface area contributed by atoms with E-state index in [0.717, 1.165) is 53.1 Å². The van der Waals surface area contributed by atoms with Crippen LogP contribution in [-0.4, -0.2) is 19.6 Å². The summed E-state index contributed by atoms with van der Waals surface area (Å²) in [6.45, 7) is 8.03. The first-order valence-electron chi connectivity index (χ1n) is 10.7. The molecule has 3 N–H and O–H groups in total. The standard InChI is InChI=1S/C24H29N5O2/c1-14(2)12-25-22-15(3)23(27-13-26-22)28-16(4)19-11-17-7-5-10-20(30)21(17)24(31)29(19)18-8-6-9-18/h5,7,10-13,16,18,30H,6,8-9H2,1-4H3,(H2,25,26,27,28)/t16-/m0/s1. The Morgan fingerprint density at radius 1 is 1.26 bits per heavy atom. The van der Waals surface area contributed by atoms with Crippen LogP contribution >= 0.6 is 0 Å². The highest BCUT2D eigenvalue weighted by Crippen LogP contribution is 2.35. The van der Waals surface area contributed by atoms with E-state index < -0.39 is 0 Å². The number of allylic oxidation sites excluding steroid dienone is 1. The summed E-state index contributed by atoms with van der Waals surface area (Å²) in [5.74, 6) is 1.49. The molecule has 162 valence electrons. The van der Waals surface area contributed by atoms with Crippen LogP contribution in [0.25, 0.3) is 10.8 Å². The van der Waals surface area contributed by atoms with Gasteiger partial charge in [-0.3, -0.25) is 4.79 Å². The third-order valence-electron chi connectivity index (χ3n) is 5.91. The lowest BCUT2D eigenvalue weighted by Crippen LogP contribution is -2.33. The summed E-state index contributed by atoms with van der Waals surface area (Å²) in [5, 5.41) is 18.1. The van der Waals surface area contributed by atoms with Crippen molar-refractivity contribution >= 4 is 22.4 Å². The predicted octanol–water partition coefficient (Wildman–Crippen LogP) is 5.04. The summed E-state index contributed by atoms with van der Waals surface area (Å²) < 4.78 is 1.86. The van der Waals surface area contributed by atoms with Crippen molar-refractivity contribution in [1.82, 2.24) is 14.5 Å². The molecule has 1 fully saturated rings. The molecule has 1 atom stereocenters. The highest BCUT2D eigenvalue weighted by Gasteiger charge is 2.27. The Bertz CT molecular complexity index is 1210. The SMILES string of the molecule is CC(C)=CNc1ncnc(N[C@@H](C)c2cc3cccc(O)c3c(=O)n2C2CCC2)c1C. The summed E-state index contributed by atoms with van der Waals surface area (Å²) in [6.07, 6.45) is 6.50. The zero-order chi connectivity index (χ0) is 22.1. The van der Waals surface area contributed by atoms with Gasteiger partial charge in [0.1, 0.15) is 23.7 Å². The van der Waals surface area contributed by atoms with Crippen LogP contribution in [0.1, 0.15) is 63.4 Å². The van der Waals surface area contributed by atoms with Gasteiger partial charge in [-0.25, -0.2) is 9.97 Å². The number of fused-ring (bicyclic) bond motifs is 1. The quantitative estimate of drug-likeness (QED) is 0.518. The van der Waals surface area contributed by atoms with Crippen molar-refractivity contribution in [3.8, 4) is 5.75 Å². The van der Waals surface area contributed by atoms with Gasteiger partial charge in [0.2, 0.25) is 0 Å². The fourth-order valence-electron chi connectivity index (χ4n) is 3.97. The van der Waals surface area contributed by atoms with E-state index >= 15 is 0 Å². The van der Waals surface area contributed by atoms with E-state index in [9.17, 15) is 9.90 Å². The topological polar surface area (TPSA) is 92.1 Å². The molecule has 1 aromatic carbocycles. The zero-order valence-electron chi connectivity index (χ0n) is 18.4. The van der Waals surface area contributed by atoms with Crippen LogP contribution in [0.3, 0.4) is 0 Å². The number of phenolic OH excluding ortho intramolecular Hbond substituents is 1. The average Bonchev–Trinajstić information content (AvgIpc) is 2.69. The van der Waals surface area contributed by atoms with Crippen molar-refractivity contribution in [1.29, 1.82) is 0 Å². The molecule has 0 amide bonds. The number of hydrogen-bond acceptors (Lipinski definition) is 6. The molecule has 0 saturated heterocycles. The molecule has 0 unspecified atom stereocenters. The molecule has 7 nitrogen and oxygen atoms in total. The van der Waals surface area contributed by atoms with Crippen molar-refractivity contribution in [3.05, 3.63) is 64.0 Å². The lowest BCUT2D eigenvalue weighted by Gasteiger charge is -2.32. The van der Waals surface area contributed by atoms with E-state index in [1.165, 1.54) is 6.33 Å². The molecule has 1 aliphatic carbocycles. The van der Waals surface area contributed by atoms with Crippen LogP contribution in [0.4, 0.5) is 11.6 Å². The van der Waals surface area contributed by atoms with Crippen LogP contribution in [0.5, 0.6) is 5.75 Å². The Kier molecular flexibility index (Phi) is 5.67. The second-order valence-corrected chi connectivity index (χ2v) is 8.50. The van der Waals surface area contributed by atoms with Crippen LogP contribution in [0.2, 0.25) is 0 Å². The van der Waals surface area contributed by atoms with Gasteiger partial charge in [-0.1, -0.05) is 17.7 Å². The molecule has 1 aliphatic rings. The van der Waals surface area contributed by atoms with E-state index in [2.05, 4.69) is 20.6 Å². The number of aromatic nitrogens is 3. The predicted molar refractivity (Wildman–Crippen MR) is 125 cm³/mol. The molecule has 2 aromatic heterocycles. The molecule has 0 spiro atoms. The highest BCUT2D eigenvalue weighted by atomic mass is 16.3. The van der Waals surface area contributed by atoms with E-state index in [4.69, 9.17) is 0 Å². The van der Waals surface area contributed by atoms with Crippen molar-refractivity contribution in [2.75, 3.05) is 10.6 Å². The second kappa shape index (κ2) is 8.41. The molecule has 2 heterocycles. The minimum Gasteiger partial charge on any atom is -0.507 e. The van der Waals surface area contributed by atoms with Crippen LogP contribution in [0, 0.1) is 6.92 Å². The molecular weight excluding hydrogens is 390 g/mol. The summed E-state index contributed by atoms with van der Waals surface area (Å²) in [7, 11) is 0. The van der Waals surface area contributed by atoms with Crippen LogP contribution in [-0.2, 0) is 0 Å². The number of benzene rings is 1. The van der Waals surface area contributed by atoms with Crippen molar-refractivity contribution in [2.45, 2.75) is 59.0 Å². The molecule has 7 heteroatoms. The molecule has 3 aromatic rings. The molecule has 1 saturated carbocycles. The van der Waals surface area contributed by atoms with Crippen molar-refractivity contribution in [3.63, 3.8) is 0 Å². The smallest absolute Gasteiger partial charge is 0.262 e. The van der Waals surface area contributed by atoms with Gasteiger partial charge in [-0.15, -0.1) is 0 Å². The lowest BCUT2D eigenvalue weighted by atomic mass is 9.91. The molecule has 0 radical (unpaired) electrons. The first-order valence-corrected chi connectivity index (χ1v) is 10.7. The van der Waals surface area contributed by atoms with E-state index in [0.29, 0.717) is 5.39 Å². The first-order chi connectivity index (χ1) is 14.9. The van der Waals surface area contributed by atoms with Crippen molar-refractivity contribution in [2.24, 2.45) is 0 Å². The van der Waals surface area contributed by atoms with Crippen LogP contribution in [0.15, 0.2) is 47.2 Å². The number of phenols is 1. The Labute approximate surface area is 181 Å². The Hall–Kier alpha value is -3.35. The third kappa shape index (κ3) is 4.00. The number of hydrogen-bond donors (Lipinski definition) is 3. The minimum atomic E-state index is -0.162. The maximum atomic E-state index is 13.4. The van der Waals surface area contributed by atoms with E-state index in [1.54, 1.807) is 12.1 Å². The number of nitrogens with one attached hydrogen (secondary N) is 2. The molecule has 31 heavy (non-hydrogen) atoms. The van der Waals surface area contributed by atoms with Gasteiger partial charge in [-0.05, 0) is 64.5 Å². The monoisotopic (exact) mass is 419 g/mol. The number of aromatic hydroxyl groups is 1. The van der Waals surface area contributed by atoms with Gasteiger partial charge in [0.15, 0.2) is 0 Å². The molecular formula is C24H29N5O2. The summed E-state index contributed by atoms with van der Waals surface area (Å²) in [5.41, 5.74) is 2.81. The van der Waals surface area contributed by atoms with Gasteiger partial charge in [0.25, 0.3) is 5.56 Å². The zero-order valence-corrected chi connectivity index (χ0v) is 18.4. The number of nitrogens with zero attached hydrogens (tertiary/aromatic N) is 3. The van der Waals surface area contributed by atoms with Gasteiger partial charge < -0.3 is 20.3 Å². The Morgan fingerprint density at radius 3 is 2.68 bits per heavy atom. The lowest BCUT2D eigenvalue weighted by molar-refractivity contribution is 0.298. The Balaban J connectivity index is 1.75.